The predicted octanol–water partition coefficient (Wildman–Crippen LogP) is 2.79. The monoisotopic (exact) mass is 400 g/mol. The fourth-order valence-corrected chi connectivity index (χ4v) is 3.42. The SMILES string of the molecule is CCN(CC(=O)Nc1ccccc1SCC(N)=O)Cc1ccc(N(C)C)cc1. The minimum absolute atomic E-state index is 0.0844. The Kier molecular flexibility index (Phi) is 8.35. The molecule has 2 rings (SSSR count). The van der Waals surface area contributed by atoms with E-state index in [1.165, 1.54) is 11.8 Å². The van der Waals surface area contributed by atoms with Gasteiger partial charge in [0.1, 0.15) is 0 Å². The van der Waals surface area contributed by atoms with E-state index in [9.17, 15) is 9.59 Å². The molecular weight excluding hydrogens is 372 g/mol. The number of benzene rings is 2. The number of para-hydroxylation sites is 1. The molecule has 6 nitrogen and oxygen atoms in total. The van der Waals surface area contributed by atoms with Crippen LogP contribution in [-0.2, 0) is 16.1 Å². The summed E-state index contributed by atoms with van der Waals surface area (Å²) >= 11 is 1.32. The molecule has 2 aromatic rings. The Balaban J connectivity index is 1.96. The average molecular weight is 401 g/mol. The van der Waals surface area contributed by atoms with E-state index in [0.29, 0.717) is 18.8 Å². The molecule has 0 radical (unpaired) electrons. The number of nitrogens with two attached hydrogens (primary N) is 1. The van der Waals surface area contributed by atoms with Crippen LogP contribution in [0.4, 0.5) is 11.4 Å². The first-order chi connectivity index (χ1) is 13.4. The molecule has 0 unspecified atom stereocenters. The second-order valence-electron chi connectivity index (χ2n) is 6.66. The largest absolute Gasteiger partial charge is 0.378 e. The second-order valence-corrected chi connectivity index (χ2v) is 7.68. The highest BCUT2D eigenvalue weighted by atomic mass is 32.2. The van der Waals surface area contributed by atoms with E-state index < -0.39 is 0 Å². The summed E-state index contributed by atoms with van der Waals surface area (Å²) < 4.78 is 0. The van der Waals surface area contributed by atoms with E-state index in [1.807, 2.05) is 45.3 Å². The number of amides is 2. The molecule has 2 aromatic carbocycles. The van der Waals surface area contributed by atoms with Crippen LogP contribution in [-0.4, -0.2) is 49.7 Å². The fraction of sp³-hybridized carbons (Fsp3) is 0.333. The van der Waals surface area contributed by atoms with E-state index in [4.69, 9.17) is 5.73 Å². The molecule has 0 atom stereocenters. The van der Waals surface area contributed by atoms with Crippen LogP contribution in [0.3, 0.4) is 0 Å². The zero-order chi connectivity index (χ0) is 20.5. The number of rotatable bonds is 10. The van der Waals surface area contributed by atoms with Crippen molar-refractivity contribution in [2.45, 2.75) is 18.4 Å². The summed E-state index contributed by atoms with van der Waals surface area (Å²) in [5.74, 6) is -0.292. The first-order valence-electron chi connectivity index (χ1n) is 9.17. The third kappa shape index (κ3) is 6.90. The van der Waals surface area contributed by atoms with E-state index >= 15 is 0 Å². The predicted molar refractivity (Wildman–Crippen MR) is 117 cm³/mol. The molecule has 3 N–H and O–H groups in total. The molecule has 0 fully saturated rings. The van der Waals surface area contributed by atoms with Gasteiger partial charge in [0, 0.05) is 31.2 Å². The van der Waals surface area contributed by atoms with Crippen molar-refractivity contribution in [1.29, 1.82) is 0 Å². The van der Waals surface area contributed by atoms with Crippen molar-refractivity contribution < 1.29 is 9.59 Å². The maximum atomic E-state index is 12.5. The highest BCUT2D eigenvalue weighted by Crippen LogP contribution is 2.26. The van der Waals surface area contributed by atoms with Gasteiger partial charge in [-0.15, -0.1) is 11.8 Å². The quantitative estimate of drug-likeness (QED) is 0.600. The van der Waals surface area contributed by atoms with Gasteiger partial charge in [-0.05, 0) is 36.4 Å². The lowest BCUT2D eigenvalue weighted by Crippen LogP contribution is -2.32. The highest BCUT2D eigenvalue weighted by molar-refractivity contribution is 8.00. The van der Waals surface area contributed by atoms with Crippen molar-refractivity contribution >= 4 is 35.0 Å². The first-order valence-corrected chi connectivity index (χ1v) is 10.2. The molecule has 0 heterocycles. The van der Waals surface area contributed by atoms with Gasteiger partial charge in [0.25, 0.3) is 0 Å². The van der Waals surface area contributed by atoms with Crippen molar-refractivity contribution in [3.63, 3.8) is 0 Å². The van der Waals surface area contributed by atoms with E-state index in [2.05, 4.69) is 39.4 Å². The maximum absolute atomic E-state index is 12.5. The molecule has 2 amide bonds. The fourth-order valence-electron chi connectivity index (χ4n) is 2.67. The van der Waals surface area contributed by atoms with Gasteiger partial charge in [-0.3, -0.25) is 14.5 Å². The molecule has 0 aliphatic heterocycles. The number of nitrogens with zero attached hydrogens (tertiary/aromatic N) is 2. The first kappa shape index (κ1) is 21.8. The van der Waals surface area contributed by atoms with Gasteiger partial charge in [-0.2, -0.15) is 0 Å². The van der Waals surface area contributed by atoms with E-state index in [-0.39, 0.29) is 17.6 Å². The van der Waals surface area contributed by atoms with Crippen molar-refractivity contribution in [3.05, 3.63) is 54.1 Å². The van der Waals surface area contributed by atoms with Crippen LogP contribution in [0, 0.1) is 0 Å². The lowest BCUT2D eigenvalue weighted by Gasteiger charge is -2.21. The molecule has 0 spiro atoms. The van der Waals surface area contributed by atoms with Gasteiger partial charge in [0.2, 0.25) is 11.8 Å². The maximum Gasteiger partial charge on any atom is 0.238 e. The molecule has 0 bridgehead atoms. The topological polar surface area (TPSA) is 78.7 Å². The summed E-state index contributed by atoms with van der Waals surface area (Å²) in [5, 5.41) is 2.95. The lowest BCUT2D eigenvalue weighted by molar-refractivity contribution is -0.117. The van der Waals surface area contributed by atoms with Gasteiger partial charge < -0.3 is 16.0 Å². The standard InChI is InChI=1S/C21H28N4O2S/c1-4-25(13-16-9-11-17(12-10-16)24(2)3)14-21(27)23-18-7-5-6-8-19(18)28-15-20(22)26/h5-12H,4,13-15H2,1-3H3,(H2,22,26)(H,23,27). The molecule has 150 valence electrons. The average Bonchev–Trinajstić information content (AvgIpc) is 2.67. The van der Waals surface area contributed by atoms with Gasteiger partial charge >= 0.3 is 0 Å². The summed E-state index contributed by atoms with van der Waals surface area (Å²) in [6.07, 6.45) is 0. The smallest absolute Gasteiger partial charge is 0.238 e. The van der Waals surface area contributed by atoms with E-state index in [0.717, 1.165) is 22.7 Å². The molecule has 7 heteroatoms. The van der Waals surface area contributed by atoms with Gasteiger partial charge in [0.15, 0.2) is 0 Å². The zero-order valence-electron chi connectivity index (χ0n) is 16.6. The van der Waals surface area contributed by atoms with Gasteiger partial charge in [-0.1, -0.05) is 31.2 Å². The van der Waals surface area contributed by atoms with Crippen LogP contribution in [0.1, 0.15) is 12.5 Å². The number of anilines is 2. The van der Waals surface area contributed by atoms with Crippen LogP contribution in [0.5, 0.6) is 0 Å². The number of likely N-dealkylation sites (N-methyl/N-ethyl adjacent to an activating group) is 1. The Morgan fingerprint density at radius 1 is 1.07 bits per heavy atom. The van der Waals surface area contributed by atoms with Gasteiger partial charge in [-0.25, -0.2) is 0 Å². The van der Waals surface area contributed by atoms with Crippen molar-refractivity contribution in [2.24, 2.45) is 5.73 Å². The number of hydrogen-bond acceptors (Lipinski definition) is 5. The Labute approximate surface area is 171 Å². The summed E-state index contributed by atoms with van der Waals surface area (Å²) in [6, 6.07) is 15.8. The number of carbonyl (C=O) groups excluding carboxylic acids is 2. The normalized spacial score (nSPS) is 10.7. The molecule has 0 aliphatic carbocycles. The molecule has 28 heavy (non-hydrogen) atoms. The summed E-state index contributed by atoms with van der Waals surface area (Å²) in [6.45, 7) is 3.80. The second kappa shape index (κ2) is 10.7. The van der Waals surface area contributed by atoms with Crippen LogP contribution in [0.25, 0.3) is 0 Å². The van der Waals surface area contributed by atoms with Crippen LogP contribution in [0.2, 0.25) is 0 Å². The summed E-state index contributed by atoms with van der Waals surface area (Å²) in [5.41, 5.74) is 8.23. The number of hydrogen-bond donors (Lipinski definition) is 2. The minimum Gasteiger partial charge on any atom is -0.378 e. The Hall–Kier alpha value is -2.51. The Morgan fingerprint density at radius 2 is 1.75 bits per heavy atom. The van der Waals surface area contributed by atoms with Crippen LogP contribution >= 0.6 is 11.8 Å². The van der Waals surface area contributed by atoms with Crippen LogP contribution < -0.4 is 16.0 Å². The summed E-state index contributed by atoms with van der Waals surface area (Å²) in [7, 11) is 4.02. The summed E-state index contributed by atoms with van der Waals surface area (Å²) in [4.78, 5) is 28.5. The minimum atomic E-state index is -0.386. The number of thioether (sulfide) groups is 1. The van der Waals surface area contributed by atoms with Crippen molar-refractivity contribution in [1.82, 2.24) is 4.90 Å². The third-order valence-electron chi connectivity index (χ3n) is 4.20. The highest BCUT2D eigenvalue weighted by Gasteiger charge is 2.12. The lowest BCUT2D eigenvalue weighted by atomic mass is 10.2. The number of carbonyl (C=O) groups is 2. The van der Waals surface area contributed by atoms with Gasteiger partial charge in [0.05, 0.1) is 18.0 Å². The molecule has 0 aliphatic rings. The Bertz CT molecular complexity index is 793. The molecular formula is C21H28N4O2S. The van der Waals surface area contributed by atoms with Crippen molar-refractivity contribution in [3.8, 4) is 0 Å². The number of nitrogens with one attached hydrogen (secondary N) is 1. The molecule has 0 saturated heterocycles. The number of primary amides is 1. The van der Waals surface area contributed by atoms with E-state index in [1.54, 1.807) is 0 Å². The van der Waals surface area contributed by atoms with Crippen LogP contribution in [0.15, 0.2) is 53.4 Å². The van der Waals surface area contributed by atoms with Crippen molar-refractivity contribution in [2.75, 3.05) is 43.2 Å². The molecule has 0 aromatic heterocycles. The third-order valence-corrected chi connectivity index (χ3v) is 5.30. The molecule has 0 saturated carbocycles. The zero-order valence-corrected chi connectivity index (χ0v) is 17.5. The Morgan fingerprint density at radius 3 is 2.36 bits per heavy atom.